The highest BCUT2D eigenvalue weighted by Crippen LogP contribution is 2.26. The Hall–Kier alpha value is -1.47. The summed E-state index contributed by atoms with van der Waals surface area (Å²) in [6, 6.07) is 4.48. The van der Waals surface area contributed by atoms with Crippen LogP contribution in [0.15, 0.2) is 22.7 Å². The third-order valence-corrected chi connectivity index (χ3v) is 3.35. The average Bonchev–Trinajstić information content (AvgIpc) is 2.38. The van der Waals surface area contributed by atoms with Crippen LogP contribution in [0.1, 0.15) is 20.3 Å². The maximum atomic E-state index is 11.7. The van der Waals surface area contributed by atoms with Gasteiger partial charge in [0.25, 0.3) is 5.69 Å². The molecule has 0 aliphatic rings. The molecule has 1 amide bonds. The number of nitro benzene ring substituents is 1. The number of benzene rings is 1. The van der Waals surface area contributed by atoms with Crippen LogP contribution >= 0.6 is 15.9 Å². The molecule has 1 unspecified atom stereocenters. The first-order chi connectivity index (χ1) is 8.93. The molecule has 0 aliphatic heterocycles. The van der Waals surface area contributed by atoms with E-state index in [2.05, 4.69) is 26.6 Å². The van der Waals surface area contributed by atoms with E-state index in [1.807, 2.05) is 13.8 Å². The maximum Gasteiger partial charge on any atom is 0.271 e. The van der Waals surface area contributed by atoms with Crippen LogP contribution in [0.5, 0.6) is 0 Å². The first-order valence-corrected chi connectivity index (χ1v) is 6.70. The molecule has 0 bridgehead atoms. The summed E-state index contributed by atoms with van der Waals surface area (Å²) in [7, 11) is 0. The van der Waals surface area contributed by atoms with Crippen molar-refractivity contribution in [2.24, 2.45) is 0 Å². The summed E-state index contributed by atoms with van der Waals surface area (Å²) < 4.78 is 0.606. The zero-order valence-electron chi connectivity index (χ0n) is 10.8. The van der Waals surface area contributed by atoms with Crippen molar-refractivity contribution in [1.29, 1.82) is 0 Å². The standard InChI is InChI=1S/C12H16BrN3O3/c1-3-8(2)14-7-12(17)15-11-6-9(16(18)19)4-5-10(11)13/h4-6,8,14H,3,7H2,1-2H3,(H,15,17). The molecule has 0 saturated carbocycles. The fraction of sp³-hybridized carbons (Fsp3) is 0.417. The Morgan fingerprint density at radius 2 is 2.21 bits per heavy atom. The molecule has 0 aliphatic carbocycles. The molecule has 0 aromatic heterocycles. The zero-order chi connectivity index (χ0) is 14.4. The SMILES string of the molecule is CCC(C)NCC(=O)Nc1cc([N+](=O)[O-])ccc1Br. The number of halogens is 1. The number of carbonyl (C=O) groups is 1. The van der Waals surface area contributed by atoms with Gasteiger partial charge >= 0.3 is 0 Å². The van der Waals surface area contributed by atoms with Gasteiger partial charge in [0.15, 0.2) is 0 Å². The molecule has 1 aromatic rings. The Morgan fingerprint density at radius 1 is 1.53 bits per heavy atom. The minimum absolute atomic E-state index is 0.0617. The van der Waals surface area contributed by atoms with Crippen LogP contribution in [0.25, 0.3) is 0 Å². The van der Waals surface area contributed by atoms with E-state index in [0.717, 1.165) is 6.42 Å². The summed E-state index contributed by atoms with van der Waals surface area (Å²) in [4.78, 5) is 21.9. The van der Waals surface area contributed by atoms with Gasteiger partial charge in [-0.15, -0.1) is 0 Å². The predicted octanol–water partition coefficient (Wildman–Crippen LogP) is 2.68. The van der Waals surface area contributed by atoms with Crippen molar-refractivity contribution in [3.63, 3.8) is 0 Å². The van der Waals surface area contributed by atoms with Crippen LogP contribution in [0.3, 0.4) is 0 Å². The number of anilines is 1. The quantitative estimate of drug-likeness (QED) is 0.620. The minimum atomic E-state index is -0.500. The van der Waals surface area contributed by atoms with E-state index in [4.69, 9.17) is 0 Å². The Bertz CT molecular complexity index is 479. The van der Waals surface area contributed by atoms with Gasteiger partial charge in [0, 0.05) is 22.6 Å². The summed E-state index contributed by atoms with van der Waals surface area (Å²) in [5.41, 5.74) is 0.332. The van der Waals surface area contributed by atoms with Gasteiger partial charge in [-0.2, -0.15) is 0 Å². The van der Waals surface area contributed by atoms with Crippen LogP contribution in [0.2, 0.25) is 0 Å². The van der Waals surface area contributed by atoms with E-state index < -0.39 is 4.92 Å². The third kappa shape index (κ3) is 4.96. The molecule has 104 valence electrons. The first kappa shape index (κ1) is 15.6. The highest BCUT2D eigenvalue weighted by Gasteiger charge is 2.12. The highest BCUT2D eigenvalue weighted by molar-refractivity contribution is 9.10. The Labute approximate surface area is 119 Å². The molecule has 0 fully saturated rings. The number of hydrogen-bond donors (Lipinski definition) is 2. The second-order valence-electron chi connectivity index (χ2n) is 4.16. The third-order valence-electron chi connectivity index (χ3n) is 2.66. The van der Waals surface area contributed by atoms with E-state index in [1.165, 1.54) is 18.2 Å². The van der Waals surface area contributed by atoms with Crippen molar-refractivity contribution in [3.05, 3.63) is 32.8 Å². The van der Waals surface area contributed by atoms with Crippen LogP contribution in [-0.4, -0.2) is 23.4 Å². The largest absolute Gasteiger partial charge is 0.324 e. The lowest BCUT2D eigenvalue weighted by Gasteiger charge is -2.12. The molecular formula is C12H16BrN3O3. The topological polar surface area (TPSA) is 84.3 Å². The Balaban J connectivity index is 2.68. The summed E-state index contributed by atoms with van der Waals surface area (Å²) >= 11 is 3.24. The van der Waals surface area contributed by atoms with Crippen molar-refractivity contribution >= 4 is 33.2 Å². The molecule has 7 heteroatoms. The van der Waals surface area contributed by atoms with Crippen LogP contribution in [0, 0.1) is 10.1 Å². The van der Waals surface area contributed by atoms with E-state index in [1.54, 1.807) is 0 Å². The average molecular weight is 330 g/mol. The fourth-order valence-corrected chi connectivity index (χ4v) is 1.67. The number of carbonyl (C=O) groups excluding carboxylic acids is 1. The van der Waals surface area contributed by atoms with Gasteiger partial charge in [-0.1, -0.05) is 6.92 Å². The van der Waals surface area contributed by atoms with Crippen LogP contribution < -0.4 is 10.6 Å². The predicted molar refractivity (Wildman–Crippen MR) is 77.2 cm³/mol. The minimum Gasteiger partial charge on any atom is -0.324 e. The normalized spacial score (nSPS) is 11.9. The zero-order valence-corrected chi connectivity index (χ0v) is 12.4. The summed E-state index contributed by atoms with van der Waals surface area (Å²) in [6.07, 6.45) is 0.924. The molecule has 19 heavy (non-hydrogen) atoms. The summed E-state index contributed by atoms with van der Waals surface area (Å²) in [5, 5.41) is 16.3. The van der Waals surface area contributed by atoms with Crippen molar-refractivity contribution in [2.45, 2.75) is 26.3 Å². The number of nitrogens with one attached hydrogen (secondary N) is 2. The number of nitrogens with zero attached hydrogens (tertiary/aromatic N) is 1. The lowest BCUT2D eigenvalue weighted by molar-refractivity contribution is -0.384. The lowest BCUT2D eigenvalue weighted by atomic mass is 10.2. The molecule has 1 aromatic carbocycles. The molecular weight excluding hydrogens is 314 g/mol. The van der Waals surface area contributed by atoms with Crippen molar-refractivity contribution < 1.29 is 9.72 Å². The van der Waals surface area contributed by atoms with E-state index in [0.29, 0.717) is 10.2 Å². The van der Waals surface area contributed by atoms with Crippen LogP contribution in [0.4, 0.5) is 11.4 Å². The molecule has 1 atom stereocenters. The van der Waals surface area contributed by atoms with E-state index >= 15 is 0 Å². The van der Waals surface area contributed by atoms with Crippen molar-refractivity contribution in [1.82, 2.24) is 5.32 Å². The Kier molecular flexibility index (Phi) is 5.91. The lowest BCUT2D eigenvalue weighted by Crippen LogP contribution is -2.34. The van der Waals surface area contributed by atoms with Gasteiger partial charge < -0.3 is 10.6 Å². The van der Waals surface area contributed by atoms with Crippen molar-refractivity contribution in [3.8, 4) is 0 Å². The smallest absolute Gasteiger partial charge is 0.271 e. The van der Waals surface area contributed by atoms with E-state index in [9.17, 15) is 14.9 Å². The van der Waals surface area contributed by atoms with Crippen molar-refractivity contribution in [2.75, 3.05) is 11.9 Å². The molecule has 0 radical (unpaired) electrons. The monoisotopic (exact) mass is 329 g/mol. The molecule has 6 nitrogen and oxygen atoms in total. The first-order valence-electron chi connectivity index (χ1n) is 5.91. The van der Waals surface area contributed by atoms with Gasteiger partial charge in [-0.05, 0) is 35.3 Å². The van der Waals surface area contributed by atoms with E-state index in [-0.39, 0.29) is 24.2 Å². The summed E-state index contributed by atoms with van der Waals surface area (Å²) in [6.45, 7) is 4.17. The maximum absolute atomic E-state index is 11.7. The van der Waals surface area contributed by atoms with Gasteiger partial charge in [0.2, 0.25) is 5.91 Å². The van der Waals surface area contributed by atoms with Gasteiger partial charge in [-0.3, -0.25) is 14.9 Å². The second kappa shape index (κ2) is 7.20. The molecule has 0 saturated heterocycles. The number of amides is 1. The number of nitro groups is 1. The second-order valence-corrected chi connectivity index (χ2v) is 5.01. The number of non-ortho nitro benzene ring substituents is 1. The fourth-order valence-electron chi connectivity index (χ4n) is 1.33. The van der Waals surface area contributed by atoms with Crippen LogP contribution in [-0.2, 0) is 4.79 Å². The molecule has 2 N–H and O–H groups in total. The molecule has 1 rings (SSSR count). The molecule has 0 heterocycles. The van der Waals surface area contributed by atoms with Gasteiger partial charge in [0.05, 0.1) is 17.2 Å². The highest BCUT2D eigenvalue weighted by atomic mass is 79.9. The Morgan fingerprint density at radius 3 is 2.79 bits per heavy atom. The molecule has 0 spiro atoms. The van der Waals surface area contributed by atoms with Gasteiger partial charge in [-0.25, -0.2) is 0 Å². The van der Waals surface area contributed by atoms with Gasteiger partial charge in [0.1, 0.15) is 0 Å². The number of rotatable bonds is 6. The number of hydrogen-bond acceptors (Lipinski definition) is 4. The summed E-state index contributed by atoms with van der Waals surface area (Å²) in [5.74, 6) is -0.235.